The third-order valence-electron chi connectivity index (χ3n) is 3.33. The molecule has 1 aromatic heterocycles. The molecule has 0 radical (unpaired) electrons. The summed E-state index contributed by atoms with van der Waals surface area (Å²) in [6.07, 6.45) is 3.52. The number of ether oxygens (including phenoxy) is 1. The molecule has 1 aliphatic heterocycles. The Hall–Kier alpha value is -1.85. The Bertz CT molecular complexity index is 603. The number of para-hydroxylation sites is 1. The van der Waals surface area contributed by atoms with E-state index >= 15 is 0 Å². The van der Waals surface area contributed by atoms with Crippen LogP contribution >= 0.6 is 0 Å². The summed E-state index contributed by atoms with van der Waals surface area (Å²) in [5.41, 5.74) is 1.74. The Kier molecular flexibility index (Phi) is 3.95. The van der Waals surface area contributed by atoms with Crippen LogP contribution in [0, 0.1) is 0 Å². The van der Waals surface area contributed by atoms with Crippen LogP contribution < -0.4 is 10.2 Å². The van der Waals surface area contributed by atoms with Crippen LogP contribution in [0.25, 0.3) is 0 Å². The highest BCUT2D eigenvalue weighted by atomic mass is 16.7. The van der Waals surface area contributed by atoms with Crippen molar-refractivity contribution in [3.63, 3.8) is 0 Å². The highest BCUT2D eigenvalue weighted by molar-refractivity contribution is 6.63. The molecule has 2 aromatic rings. The van der Waals surface area contributed by atoms with E-state index in [9.17, 15) is 0 Å². The number of hydrogen-bond donors (Lipinski definition) is 0. The lowest BCUT2D eigenvalue weighted by molar-refractivity contribution is 0.137. The number of pyridine rings is 1. The average molecular weight is 283 g/mol. The molecule has 5 heteroatoms. The van der Waals surface area contributed by atoms with Gasteiger partial charge in [-0.25, -0.2) is 0 Å². The van der Waals surface area contributed by atoms with Crippen molar-refractivity contribution in [1.82, 2.24) is 4.98 Å². The van der Waals surface area contributed by atoms with Gasteiger partial charge in [0.2, 0.25) is 0 Å². The van der Waals surface area contributed by atoms with Crippen molar-refractivity contribution in [2.45, 2.75) is 26.1 Å². The van der Waals surface area contributed by atoms with Crippen molar-refractivity contribution >= 4 is 12.6 Å². The Morgan fingerprint density at radius 3 is 2.67 bits per heavy atom. The van der Waals surface area contributed by atoms with Gasteiger partial charge in [-0.05, 0) is 37.6 Å². The summed E-state index contributed by atoms with van der Waals surface area (Å²) in [4.78, 5) is 4.00. The second-order valence-electron chi connectivity index (χ2n) is 5.70. The second kappa shape index (κ2) is 5.88. The van der Waals surface area contributed by atoms with E-state index < -0.39 is 0 Å². The molecule has 2 heterocycles. The maximum atomic E-state index is 5.92. The van der Waals surface area contributed by atoms with Crippen molar-refractivity contribution in [2.75, 3.05) is 6.61 Å². The molecule has 1 saturated heterocycles. The Morgan fingerprint density at radius 2 is 1.95 bits per heavy atom. The molecular weight excluding hydrogens is 265 g/mol. The molecule has 0 aliphatic carbocycles. The van der Waals surface area contributed by atoms with Gasteiger partial charge in [0.1, 0.15) is 12.4 Å². The molecule has 1 aromatic carbocycles. The average Bonchev–Trinajstić information content (AvgIpc) is 2.86. The van der Waals surface area contributed by atoms with E-state index in [-0.39, 0.29) is 12.7 Å². The fraction of sp³-hybridized carbons (Fsp3) is 0.312. The molecule has 1 fully saturated rings. The minimum absolute atomic E-state index is 0.261. The lowest BCUT2D eigenvalue weighted by Crippen LogP contribution is -2.35. The number of benzene rings is 1. The second-order valence-corrected chi connectivity index (χ2v) is 5.70. The highest BCUT2D eigenvalue weighted by Crippen LogP contribution is 2.22. The Balaban J connectivity index is 1.74. The summed E-state index contributed by atoms with van der Waals surface area (Å²) in [6.45, 7) is 5.12. The highest BCUT2D eigenvalue weighted by Gasteiger charge is 2.39. The smallest absolute Gasteiger partial charge is 0.489 e. The van der Waals surface area contributed by atoms with Crippen molar-refractivity contribution in [2.24, 2.45) is 0 Å². The van der Waals surface area contributed by atoms with Gasteiger partial charge in [0.15, 0.2) is 0 Å². The molecule has 1 aliphatic rings. The van der Waals surface area contributed by atoms with E-state index in [0.717, 1.165) is 16.8 Å². The predicted octanol–water partition coefficient (Wildman–Crippen LogP) is 2.18. The molecule has 0 bridgehead atoms. The predicted molar refractivity (Wildman–Crippen MR) is 81.5 cm³/mol. The van der Waals surface area contributed by atoms with Crippen molar-refractivity contribution in [3.8, 4) is 5.75 Å². The van der Waals surface area contributed by atoms with Gasteiger partial charge in [-0.2, -0.15) is 0 Å². The fourth-order valence-electron chi connectivity index (χ4n) is 2.23. The van der Waals surface area contributed by atoms with Crippen LogP contribution in [0.15, 0.2) is 48.8 Å². The normalized spacial score (nSPS) is 17.0. The lowest BCUT2D eigenvalue weighted by Gasteiger charge is -2.17. The molecule has 21 heavy (non-hydrogen) atoms. The Labute approximate surface area is 125 Å². The summed E-state index contributed by atoms with van der Waals surface area (Å²) < 4.78 is 17.6. The molecule has 0 atom stereocenters. The molecular formula is C16H18BNO3. The molecule has 0 amide bonds. The van der Waals surface area contributed by atoms with Gasteiger partial charge in [0, 0.05) is 17.9 Å². The first kappa shape index (κ1) is 14.1. The zero-order valence-corrected chi connectivity index (χ0v) is 12.3. The third-order valence-corrected chi connectivity index (χ3v) is 3.33. The molecule has 4 nitrogen and oxygen atoms in total. The van der Waals surface area contributed by atoms with E-state index in [0.29, 0.717) is 13.2 Å². The van der Waals surface area contributed by atoms with Crippen LogP contribution in [0.1, 0.15) is 19.4 Å². The molecule has 0 unspecified atom stereocenters. The maximum Gasteiger partial charge on any atom is 0.498 e. The SMILES string of the molecule is CC1(C)COB(c2ccccc2OCc2ccncc2)O1. The standard InChI is InChI=1S/C16H18BNO3/c1-16(2)12-20-17(21-16)14-5-3-4-6-15(14)19-11-13-7-9-18-10-8-13/h3-10H,11-12H2,1-2H3. The minimum Gasteiger partial charge on any atom is -0.489 e. The maximum absolute atomic E-state index is 5.92. The van der Waals surface area contributed by atoms with E-state index in [1.165, 1.54) is 0 Å². The largest absolute Gasteiger partial charge is 0.498 e. The number of rotatable bonds is 4. The number of nitrogens with zero attached hydrogens (tertiary/aromatic N) is 1. The first-order valence-corrected chi connectivity index (χ1v) is 7.04. The Morgan fingerprint density at radius 1 is 1.19 bits per heavy atom. The van der Waals surface area contributed by atoms with Gasteiger partial charge < -0.3 is 14.0 Å². The molecule has 108 valence electrons. The van der Waals surface area contributed by atoms with Crippen LogP contribution in [-0.4, -0.2) is 24.3 Å². The quantitative estimate of drug-likeness (QED) is 0.806. The molecule has 0 spiro atoms. The van der Waals surface area contributed by atoms with Gasteiger partial charge in [0.05, 0.1) is 12.2 Å². The van der Waals surface area contributed by atoms with Crippen LogP contribution in [-0.2, 0) is 15.9 Å². The van der Waals surface area contributed by atoms with Gasteiger partial charge in [-0.1, -0.05) is 18.2 Å². The van der Waals surface area contributed by atoms with Crippen molar-refractivity contribution in [1.29, 1.82) is 0 Å². The fourth-order valence-corrected chi connectivity index (χ4v) is 2.23. The minimum atomic E-state index is -0.367. The first-order chi connectivity index (χ1) is 10.1. The number of aromatic nitrogens is 1. The first-order valence-electron chi connectivity index (χ1n) is 7.04. The zero-order valence-electron chi connectivity index (χ0n) is 12.3. The summed E-state index contributed by atoms with van der Waals surface area (Å²) in [6, 6.07) is 11.7. The van der Waals surface area contributed by atoms with Gasteiger partial charge in [-0.15, -0.1) is 0 Å². The van der Waals surface area contributed by atoms with Crippen molar-refractivity contribution < 1.29 is 14.0 Å². The van der Waals surface area contributed by atoms with Crippen LogP contribution in [0.2, 0.25) is 0 Å². The summed E-state index contributed by atoms with van der Waals surface area (Å²) in [5.74, 6) is 0.789. The topological polar surface area (TPSA) is 40.6 Å². The van der Waals surface area contributed by atoms with E-state index in [4.69, 9.17) is 14.0 Å². The molecule has 3 rings (SSSR count). The number of hydrogen-bond acceptors (Lipinski definition) is 4. The van der Waals surface area contributed by atoms with Crippen LogP contribution in [0.5, 0.6) is 5.75 Å². The monoisotopic (exact) mass is 283 g/mol. The van der Waals surface area contributed by atoms with Crippen LogP contribution in [0.4, 0.5) is 0 Å². The lowest BCUT2D eigenvalue weighted by atomic mass is 9.78. The van der Waals surface area contributed by atoms with Gasteiger partial charge in [-0.3, -0.25) is 4.98 Å². The van der Waals surface area contributed by atoms with Gasteiger partial charge >= 0.3 is 7.12 Å². The van der Waals surface area contributed by atoms with Gasteiger partial charge in [0.25, 0.3) is 0 Å². The molecule has 0 saturated carbocycles. The van der Waals surface area contributed by atoms with Crippen molar-refractivity contribution in [3.05, 3.63) is 54.4 Å². The summed E-state index contributed by atoms with van der Waals surface area (Å²) >= 11 is 0. The van der Waals surface area contributed by atoms with Crippen LogP contribution in [0.3, 0.4) is 0 Å². The van der Waals surface area contributed by atoms with E-state index in [1.54, 1.807) is 12.4 Å². The third kappa shape index (κ3) is 3.43. The summed E-state index contributed by atoms with van der Waals surface area (Å²) in [5, 5.41) is 0. The zero-order chi connectivity index (χ0) is 14.7. The molecule has 0 N–H and O–H groups in total. The summed E-state index contributed by atoms with van der Waals surface area (Å²) in [7, 11) is -0.367. The van der Waals surface area contributed by atoms with E-state index in [2.05, 4.69) is 4.98 Å². The van der Waals surface area contributed by atoms with E-state index in [1.807, 2.05) is 50.2 Å².